The standard InChI is InChI=1S/C9H12N2O2/c10-9(13)6-11-5-7-1-3-8(12)4-2-7/h1-4,11-12H,5-6H2,(H2,10,13). The number of carbonyl (C=O) groups is 1. The Balaban J connectivity index is 2.37. The minimum Gasteiger partial charge on any atom is -0.508 e. The molecule has 0 aromatic heterocycles. The Morgan fingerprint density at radius 2 is 2.00 bits per heavy atom. The summed E-state index contributed by atoms with van der Waals surface area (Å²) in [5, 5.41) is 11.8. The van der Waals surface area contributed by atoms with Crippen LogP contribution in [0.3, 0.4) is 0 Å². The molecule has 0 aliphatic heterocycles. The molecular weight excluding hydrogens is 168 g/mol. The van der Waals surface area contributed by atoms with Gasteiger partial charge < -0.3 is 16.2 Å². The lowest BCUT2D eigenvalue weighted by Crippen LogP contribution is -2.27. The summed E-state index contributed by atoms with van der Waals surface area (Å²) < 4.78 is 0. The number of hydrogen-bond donors (Lipinski definition) is 3. The minimum absolute atomic E-state index is 0.168. The predicted molar refractivity (Wildman–Crippen MR) is 49.0 cm³/mol. The number of benzene rings is 1. The number of amides is 1. The Bertz CT molecular complexity index is 282. The van der Waals surface area contributed by atoms with Gasteiger partial charge in [-0.3, -0.25) is 4.79 Å². The molecule has 0 radical (unpaired) electrons. The van der Waals surface area contributed by atoms with Crippen molar-refractivity contribution in [3.05, 3.63) is 29.8 Å². The van der Waals surface area contributed by atoms with Crippen LogP contribution < -0.4 is 11.1 Å². The molecule has 1 amide bonds. The number of rotatable bonds is 4. The zero-order valence-corrected chi connectivity index (χ0v) is 7.16. The first-order valence-electron chi connectivity index (χ1n) is 3.95. The second-order valence-corrected chi connectivity index (χ2v) is 2.74. The van der Waals surface area contributed by atoms with E-state index in [0.29, 0.717) is 6.54 Å². The first-order chi connectivity index (χ1) is 6.18. The van der Waals surface area contributed by atoms with Crippen LogP contribution in [0.5, 0.6) is 5.75 Å². The molecule has 0 unspecified atom stereocenters. The van der Waals surface area contributed by atoms with E-state index in [9.17, 15) is 4.79 Å². The lowest BCUT2D eigenvalue weighted by Gasteiger charge is -2.01. The molecule has 0 saturated heterocycles. The third kappa shape index (κ3) is 3.57. The fourth-order valence-electron chi connectivity index (χ4n) is 0.944. The lowest BCUT2D eigenvalue weighted by molar-refractivity contribution is -0.117. The van der Waals surface area contributed by atoms with Crippen LogP contribution in [0.4, 0.5) is 0 Å². The Labute approximate surface area is 76.4 Å². The topological polar surface area (TPSA) is 75.4 Å². The van der Waals surface area contributed by atoms with Crippen LogP contribution in [0, 0.1) is 0 Å². The zero-order valence-electron chi connectivity index (χ0n) is 7.16. The maximum absolute atomic E-state index is 10.4. The van der Waals surface area contributed by atoms with Crippen LogP contribution in [0.15, 0.2) is 24.3 Å². The van der Waals surface area contributed by atoms with Gasteiger partial charge in [-0.25, -0.2) is 0 Å². The van der Waals surface area contributed by atoms with Crippen molar-refractivity contribution in [2.24, 2.45) is 5.73 Å². The number of aromatic hydroxyl groups is 1. The molecule has 4 N–H and O–H groups in total. The number of phenolic OH excluding ortho intramolecular Hbond substituents is 1. The van der Waals surface area contributed by atoms with E-state index >= 15 is 0 Å². The molecule has 13 heavy (non-hydrogen) atoms. The highest BCUT2D eigenvalue weighted by atomic mass is 16.3. The highest BCUT2D eigenvalue weighted by molar-refractivity contribution is 5.75. The number of phenols is 1. The van der Waals surface area contributed by atoms with Crippen molar-refractivity contribution < 1.29 is 9.90 Å². The molecule has 0 atom stereocenters. The van der Waals surface area contributed by atoms with Crippen LogP contribution in [-0.4, -0.2) is 17.6 Å². The normalized spacial score (nSPS) is 9.85. The van der Waals surface area contributed by atoms with E-state index in [1.165, 1.54) is 0 Å². The highest BCUT2D eigenvalue weighted by Crippen LogP contribution is 2.08. The van der Waals surface area contributed by atoms with Crippen molar-refractivity contribution in [3.8, 4) is 5.75 Å². The van der Waals surface area contributed by atoms with Crippen molar-refractivity contribution in [3.63, 3.8) is 0 Å². The van der Waals surface area contributed by atoms with Gasteiger partial charge in [0.25, 0.3) is 0 Å². The first kappa shape index (κ1) is 9.54. The number of nitrogens with two attached hydrogens (primary N) is 1. The summed E-state index contributed by atoms with van der Waals surface area (Å²) in [7, 11) is 0. The maximum Gasteiger partial charge on any atom is 0.231 e. The fraction of sp³-hybridized carbons (Fsp3) is 0.222. The number of nitrogens with one attached hydrogen (secondary N) is 1. The summed E-state index contributed by atoms with van der Waals surface area (Å²) in [5.41, 5.74) is 5.94. The van der Waals surface area contributed by atoms with E-state index < -0.39 is 0 Å². The van der Waals surface area contributed by atoms with Gasteiger partial charge in [-0.1, -0.05) is 12.1 Å². The van der Waals surface area contributed by atoms with Gasteiger partial charge in [0.2, 0.25) is 5.91 Å². The predicted octanol–water partition coefficient (Wildman–Crippen LogP) is -0.0329. The van der Waals surface area contributed by atoms with Gasteiger partial charge in [0.05, 0.1) is 6.54 Å². The van der Waals surface area contributed by atoms with Crippen molar-refractivity contribution in [2.45, 2.75) is 6.54 Å². The molecule has 1 aromatic rings. The molecular formula is C9H12N2O2. The van der Waals surface area contributed by atoms with Crippen LogP contribution in [0.1, 0.15) is 5.56 Å². The molecule has 0 aliphatic rings. The molecule has 0 aliphatic carbocycles. The molecule has 4 heteroatoms. The first-order valence-corrected chi connectivity index (χ1v) is 3.95. The van der Waals surface area contributed by atoms with Crippen molar-refractivity contribution in [1.29, 1.82) is 0 Å². The summed E-state index contributed by atoms with van der Waals surface area (Å²) in [6.07, 6.45) is 0. The number of carbonyl (C=O) groups excluding carboxylic acids is 1. The smallest absolute Gasteiger partial charge is 0.231 e. The lowest BCUT2D eigenvalue weighted by atomic mass is 10.2. The van der Waals surface area contributed by atoms with Gasteiger partial charge in [-0.05, 0) is 17.7 Å². The Hall–Kier alpha value is -1.55. The van der Waals surface area contributed by atoms with E-state index in [1.54, 1.807) is 24.3 Å². The quantitative estimate of drug-likeness (QED) is 0.609. The minimum atomic E-state index is -0.376. The van der Waals surface area contributed by atoms with Gasteiger partial charge in [-0.15, -0.1) is 0 Å². The van der Waals surface area contributed by atoms with Crippen LogP contribution >= 0.6 is 0 Å². The van der Waals surface area contributed by atoms with E-state index in [4.69, 9.17) is 10.8 Å². The van der Waals surface area contributed by atoms with Gasteiger partial charge in [0.1, 0.15) is 5.75 Å². The van der Waals surface area contributed by atoms with E-state index in [1.807, 2.05) is 0 Å². The van der Waals surface area contributed by atoms with Gasteiger partial charge in [0, 0.05) is 6.54 Å². The molecule has 1 aromatic carbocycles. The largest absolute Gasteiger partial charge is 0.508 e. The summed E-state index contributed by atoms with van der Waals surface area (Å²) in [6.45, 7) is 0.740. The van der Waals surface area contributed by atoms with Gasteiger partial charge in [0.15, 0.2) is 0 Å². The second kappa shape index (κ2) is 4.47. The Kier molecular flexibility index (Phi) is 3.28. The monoisotopic (exact) mass is 180 g/mol. The molecule has 1 rings (SSSR count). The molecule has 0 spiro atoms. The maximum atomic E-state index is 10.4. The zero-order chi connectivity index (χ0) is 9.68. The van der Waals surface area contributed by atoms with Crippen molar-refractivity contribution in [2.75, 3.05) is 6.54 Å². The Morgan fingerprint density at radius 1 is 1.38 bits per heavy atom. The molecule has 4 nitrogen and oxygen atoms in total. The van der Waals surface area contributed by atoms with E-state index in [2.05, 4.69) is 5.32 Å². The summed E-state index contributed by atoms with van der Waals surface area (Å²) >= 11 is 0. The van der Waals surface area contributed by atoms with Crippen LogP contribution in [0.2, 0.25) is 0 Å². The molecule has 0 heterocycles. The van der Waals surface area contributed by atoms with Gasteiger partial charge >= 0.3 is 0 Å². The average molecular weight is 180 g/mol. The third-order valence-electron chi connectivity index (χ3n) is 1.56. The number of hydrogen-bond acceptors (Lipinski definition) is 3. The third-order valence-corrected chi connectivity index (χ3v) is 1.56. The summed E-state index contributed by atoms with van der Waals surface area (Å²) in [6, 6.07) is 6.76. The van der Waals surface area contributed by atoms with Crippen molar-refractivity contribution in [1.82, 2.24) is 5.32 Å². The average Bonchev–Trinajstić information content (AvgIpc) is 2.08. The fourth-order valence-corrected chi connectivity index (χ4v) is 0.944. The molecule has 0 bridgehead atoms. The van der Waals surface area contributed by atoms with E-state index in [0.717, 1.165) is 5.56 Å². The number of primary amides is 1. The second-order valence-electron chi connectivity index (χ2n) is 2.74. The van der Waals surface area contributed by atoms with Crippen LogP contribution in [-0.2, 0) is 11.3 Å². The molecule has 0 saturated carbocycles. The SMILES string of the molecule is NC(=O)CNCc1ccc(O)cc1. The summed E-state index contributed by atoms with van der Waals surface area (Å²) in [4.78, 5) is 10.4. The van der Waals surface area contributed by atoms with Gasteiger partial charge in [-0.2, -0.15) is 0 Å². The van der Waals surface area contributed by atoms with E-state index in [-0.39, 0.29) is 18.2 Å². The van der Waals surface area contributed by atoms with Crippen molar-refractivity contribution >= 4 is 5.91 Å². The molecule has 70 valence electrons. The molecule has 0 fully saturated rings. The van der Waals surface area contributed by atoms with Crippen LogP contribution in [0.25, 0.3) is 0 Å². The Morgan fingerprint density at radius 3 is 2.54 bits per heavy atom. The highest BCUT2D eigenvalue weighted by Gasteiger charge is 1.94. The summed E-state index contributed by atoms with van der Waals surface area (Å²) in [5.74, 6) is -0.141.